The molecule has 1 aromatic rings. The van der Waals surface area contributed by atoms with Gasteiger partial charge in [0.05, 0.1) is 18.8 Å². The number of cyclic esters (lactones) is 1. The van der Waals surface area contributed by atoms with E-state index in [4.69, 9.17) is 14.2 Å². The molecule has 2 saturated heterocycles. The molecule has 3 aliphatic rings. The predicted molar refractivity (Wildman–Crippen MR) is 134 cm³/mol. The Labute approximate surface area is 217 Å². The number of aromatic hydroxyl groups is 1. The normalized spacial score (nSPS) is 28.1. The summed E-state index contributed by atoms with van der Waals surface area (Å²) < 4.78 is 17.1. The molecule has 3 aliphatic heterocycles. The number of esters is 1. The molecule has 37 heavy (non-hydrogen) atoms. The highest BCUT2D eigenvalue weighted by molar-refractivity contribution is 6.38. The lowest BCUT2D eigenvalue weighted by Crippen LogP contribution is -2.44. The largest absolute Gasteiger partial charge is 0.507 e. The lowest BCUT2D eigenvalue weighted by atomic mass is 9.96. The Hall–Kier alpha value is -2.53. The number of unbranched alkanes of at least 4 members (excludes halogenated alkanes) is 1. The summed E-state index contributed by atoms with van der Waals surface area (Å²) in [6.45, 7) is 7.47. The highest BCUT2D eigenvalue weighted by atomic mass is 16.6. The highest BCUT2D eigenvalue weighted by Crippen LogP contribution is 2.46. The molecule has 204 valence electrons. The van der Waals surface area contributed by atoms with Crippen LogP contribution in [-0.4, -0.2) is 102 Å². The Morgan fingerprint density at radius 2 is 1.84 bits per heavy atom. The first-order valence-corrected chi connectivity index (χ1v) is 13.2. The number of benzene rings is 1. The van der Waals surface area contributed by atoms with Crippen LogP contribution in [0.3, 0.4) is 0 Å². The summed E-state index contributed by atoms with van der Waals surface area (Å²) >= 11 is 0. The second-order valence-corrected chi connectivity index (χ2v) is 10.4. The number of epoxide rings is 1. The van der Waals surface area contributed by atoms with Gasteiger partial charge in [-0.15, -0.1) is 0 Å². The van der Waals surface area contributed by atoms with Gasteiger partial charge in [0.15, 0.2) is 0 Å². The fourth-order valence-electron chi connectivity index (χ4n) is 4.92. The number of rotatable bonds is 6. The molecule has 10 heteroatoms. The minimum absolute atomic E-state index is 0.0161. The van der Waals surface area contributed by atoms with Gasteiger partial charge in [0.1, 0.15) is 29.3 Å². The number of phenolic OH excluding ortho intramolecular Hbond substituents is 1. The van der Waals surface area contributed by atoms with Gasteiger partial charge in [-0.05, 0) is 58.7 Å². The number of hydrogen-bond donors (Lipinski definition) is 2. The van der Waals surface area contributed by atoms with E-state index in [0.717, 1.165) is 45.6 Å². The van der Waals surface area contributed by atoms with E-state index in [1.807, 2.05) is 0 Å². The smallest absolute Gasteiger partial charge is 0.342 e. The maximum absolute atomic E-state index is 13.0. The van der Waals surface area contributed by atoms with Gasteiger partial charge in [-0.1, -0.05) is 0 Å². The lowest BCUT2D eigenvalue weighted by Gasteiger charge is -2.32. The van der Waals surface area contributed by atoms with Crippen molar-refractivity contribution >= 4 is 17.5 Å². The Morgan fingerprint density at radius 1 is 1.08 bits per heavy atom. The van der Waals surface area contributed by atoms with Gasteiger partial charge in [0, 0.05) is 44.2 Å². The van der Waals surface area contributed by atoms with E-state index >= 15 is 0 Å². The first-order chi connectivity index (χ1) is 17.7. The van der Waals surface area contributed by atoms with Crippen LogP contribution in [0, 0.1) is 0 Å². The fourth-order valence-corrected chi connectivity index (χ4v) is 4.92. The topological polar surface area (TPSA) is 129 Å². The van der Waals surface area contributed by atoms with Gasteiger partial charge < -0.3 is 34.2 Å². The Morgan fingerprint density at radius 3 is 2.59 bits per heavy atom. The van der Waals surface area contributed by atoms with E-state index in [1.54, 1.807) is 13.0 Å². The maximum Gasteiger partial charge on any atom is 0.342 e. The zero-order valence-electron chi connectivity index (χ0n) is 21.7. The molecule has 0 spiro atoms. The number of ether oxygens (including phenoxy) is 3. The van der Waals surface area contributed by atoms with E-state index in [9.17, 15) is 24.6 Å². The molecule has 2 fully saturated rings. The SMILES string of the molecule is C[C@H]1CCCC(O)C(=O)C(=O)C[C@H]2O[C@@H]2c2cc(OCCCCN3CCN(C)CC3)cc(O)c2C(=O)O1. The number of aliphatic hydroxyl groups is 1. The van der Waals surface area contributed by atoms with Gasteiger partial charge in [-0.3, -0.25) is 9.59 Å². The molecule has 0 amide bonds. The van der Waals surface area contributed by atoms with Crippen molar-refractivity contribution in [1.29, 1.82) is 0 Å². The van der Waals surface area contributed by atoms with Gasteiger partial charge in [-0.25, -0.2) is 4.79 Å². The minimum atomic E-state index is -1.37. The van der Waals surface area contributed by atoms with Crippen LogP contribution in [0.4, 0.5) is 0 Å². The van der Waals surface area contributed by atoms with Crippen LogP contribution < -0.4 is 4.74 Å². The number of nitrogens with zero attached hydrogens (tertiary/aromatic N) is 2. The number of ketones is 2. The third kappa shape index (κ3) is 7.28. The quantitative estimate of drug-likeness (QED) is 0.249. The Bertz CT molecular complexity index is 991. The van der Waals surface area contributed by atoms with Crippen molar-refractivity contribution in [3.05, 3.63) is 23.3 Å². The van der Waals surface area contributed by atoms with Crippen molar-refractivity contribution in [3.8, 4) is 11.5 Å². The molecule has 0 aromatic heterocycles. The zero-order chi connectivity index (χ0) is 26.5. The number of Topliss-reactive ketones (excluding diaryl/α,β-unsaturated/α-hetero) is 2. The van der Waals surface area contributed by atoms with E-state index in [2.05, 4.69) is 16.8 Å². The molecule has 0 radical (unpaired) electrons. The Balaban J connectivity index is 1.43. The van der Waals surface area contributed by atoms with E-state index in [1.165, 1.54) is 6.07 Å². The predicted octanol–water partition coefficient (Wildman–Crippen LogP) is 1.86. The highest BCUT2D eigenvalue weighted by Gasteiger charge is 2.46. The zero-order valence-corrected chi connectivity index (χ0v) is 21.7. The van der Waals surface area contributed by atoms with Gasteiger partial charge in [0.25, 0.3) is 0 Å². The monoisotopic (exact) mass is 518 g/mol. The molecule has 4 atom stereocenters. The molecule has 0 bridgehead atoms. The number of piperazine rings is 1. The number of carbonyl (C=O) groups excluding carboxylic acids is 3. The summed E-state index contributed by atoms with van der Waals surface area (Å²) in [6, 6.07) is 3.04. The summed E-state index contributed by atoms with van der Waals surface area (Å²) in [4.78, 5) is 42.4. The van der Waals surface area contributed by atoms with Crippen molar-refractivity contribution in [2.24, 2.45) is 0 Å². The van der Waals surface area contributed by atoms with Crippen molar-refractivity contribution in [2.75, 3.05) is 46.4 Å². The van der Waals surface area contributed by atoms with E-state index < -0.39 is 42.0 Å². The summed E-state index contributed by atoms with van der Waals surface area (Å²) in [7, 11) is 2.13. The number of fused-ring (bicyclic) bond motifs is 3. The standard InChI is InChI=1S/C27H38N2O8/c1-17-6-5-7-20(30)25(33)22(32)16-23-26(37-23)19-14-18(15-21(31)24(19)27(34)36-17)35-13-4-3-8-29-11-9-28(2)10-12-29/h14-15,17,20,23,26,30-31H,3-13,16H2,1-2H3/t17-,20?,23+,26+/m0/s1. The summed E-state index contributed by atoms with van der Waals surface area (Å²) in [6.07, 6.45) is -0.642. The molecule has 2 N–H and O–H groups in total. The first-order valence-electron chi connectivity index (χ1n) is 13.2. The summed E-state index contributed by atoms with van der Waals surface area (Å²) in [5.74, 6) is -2.10. The minimum Gasteiger partial charge on any atom is -0.507 e. The molecule has 0 aliphatic carbocycles. The number of aliphatic hydroxyl groups excluding tert-OH is 1. The first kappa shape index (κ1) is 27.5. The van der Waals surface area contributed by atoms with Crippen molar-refractivity contribution in [1.82, 2.24) is 9.80 Å². The number of hydrogen-bond acceptors (Lipinski definition) is 10. The number of likely N-dealkylation sites (N-methyl/N-ethyl adjacent to an activating group) is 1. The van der Waals surface area contributed by atoms with Gasteiger partial charge in [-0.2, -0.15) is 0 Å². The average Bonchev–Trinajstić information content (AvgIpc) is 3.62. The van der Waals surface area contributed by atoms with Crippen LogP contribution in [-0.2, 0) is 19.1 Å². The molecule has 0 saturated carbocycles. The fraction of sp³-hybridized carbons (Fsp3) is 0.667. The van der Waals surface area contributed by atoms with Crippen molar-refractivity contribution < 1.29 is 38.8 Å². The molecule has 1 unspecified atom stereocenters. The van der Waals surface area contributed by atoms with Gasteiger partial charge in [0.2, 0.25) is 11.6 Å². The number of phenols is 1. The van der Waals surface area contributed by atoms with Crippen LogP contribution in [0.2, 0.25) is 0 Å². The van der Waals surface area contributed by atoms with Crippen LogP contribution in [0.1, 0.15) is 67.5 Å². The van der Waals surface area contributed by atoms with Crippen molar-refractivity contribution in [2.45, 2.75) is 69.9 Å². The van der Waals surface area contributed by atoms with E-state index in [0.29, 0.717) is 30.8 Å². The van der Waals surface area contributed by atoms with Crippen molar-refractivity contribution in [3.63, 3.8) is 0 Å². The molecule has 10 nitrogen and oxygen atoms in total. The molecule has 4 rings (SSSR count). The third-order valence-corrected chi connectivity index (χ3v) is 7.31. The third-order valence-electron chi connectivity index (χ3n) is 7.31. The second kappa shape index (κ2) is 12.3. The average molecular weight is 519 g/mol. The second-order valence-electron chi connectivity index (χ2n) is 10.4. The lowest BCUT2D eigenvalue weighted by molar-refractivity contribution is -0.142. The molecular formula is C27H38N2O8. The van der Waals surface area contributed by atoms with Crippen LogP contribution >= 0.6 is 0 Å². The number of carbonyl (C=O) groups is 3. The Kier molecular flexibility index (Phi) is 9.17. The maximum atomic E-state index is 13.0. The van der Waals surface area contributed by atoms with Crippen LogP contribution in [0.25, 0.3) is 0 Å². The summed E-state index contributed by atoms with van der Waals surface area (Å²) in [5, 5.41) is 20.8. The summed E-state index contributed by atoms with van der Waals surface area (Å²) in [5.41, 5.74) is 0.352. The molecule has 3 heterocycles. The van der Waals surface area contributed by atoms with Gasteiger partial charge >= 0.3 is 5.97 Å². The van der Waals surface area contributed by atoms with Crippen LogP contribution in [0.5, 0.6) is 11.5 Å². The van der Waals surface area contributed by atoms with Crippen LogP contribution in [0.15, 0.2) is 12.1 Å². The molecular weight excluding hydrogens is 480 g/mol. The molecule has 1 aromatic carbocycles. The van der Waals surface area contributed by atoms with E-state index in [-0.39, 0.29) is 24.2 Å².